The lowest BCUT2D eigenvalue weighted by Crippen LogP contribution is -2.25. The van der Waals surface area contributed by atoms with E-state index in [-0.39, 0.29) is 0 Å². The Labute approximate surface area is 119 Å². The van der Waals surface area contributed by atoms with Crippen LogP contribution in [0.25, 0.3) is 0 Å². The van der Waals surface area contributed by atoms with Gasteiger partial charge in [-0.3, -0.25) is 4.68 Å². The van der Waals surface area contributed by atoms with Crippen LogP contribution in [0.2, 0.25) is 0 Å². The molecule has 2 aromatic heterocycles. The Morgan fingerprint density at radius 3 is 3.00 bits per heavy atom. The highest BCUT2D eigenvalue weighted by molar-refractivity contribution is 5.21. The third kappa shape index (κ3) is 2.60. The summed E-state index contributed by atoms with van der Waals surface area (Å²) in [5, 5.41) is 11.3. The monoisotopic (exact) mass is 274 g/mol. The zero-order valence-corrected chi connectivity index (χ0v) is 12.2. The topological polar surface area (TPSA) is 60.6 Å². The molecule has 0 atom stereocenters. The van der Waals surface area contributed by atoms with Crippen molar-refractivity contribution in [2.75, 3.05) is 6.54 Å². The summed E-state index contributed by atoms with van der Waals surface area (Å²) >= 11 is 0. The van der Waals surface area contributed by atoms with Gasteiger partial charge >= 0.3 is 0 Å². The van der Waals surface area contributed by atoms with Crippen LogP contribution in [-0.2, 0) is 26.1 Å². The van der Waals surface area contributed by atoms with Crippen LogP contribution in [0.15, 0.2) is 12.4 Å². The highest BCUT2D eigenvalue weighted by Gasteiger charge is 2.20. The van der Waals surface area contributed by atoms with Gasteiger partial charge in [0.2, 0.25) is 0 Å². The van der Waals surface area contributed by atoms with E-state index in [2.05, 4.69) is 34.0 Å². The number of hydrogen-bond donors (Lipinski definition) is 1. The first-order chi connectivity index (χ1) is 9.75. The van der Waals surface area contributed by atoms with E-state index < -0.39 is 0 Å². The quantitative estimate of drug-likeness (QED) is 0.893. The van der Waals surface area contributed by atoms with Gasteiger partial charge in [-0.15, -0.1) is 5.10 Å². The number of aryl methyl sites for hydroxylation is 1. The Kier molecular flexibility index (Phi) is 3.82. The van der Waals surface area contributed by atoms with E-state index >= 15 is 0 Å². The fraction of sp³-hybridized carbons (Fsp3) is 0.643. The molecule has 0 aliphatic carbocycles. The van der Waals surface area contributed by atoms with Crippen LogP contribution in [-0.4, -0.2) is 31.1 Å². The zero-order valence-electron chi connectivity index (χ0n) is 12.2. The summed E-state index contributed by atoms with van der Waals surface area (Å²) in [6.45, 7) is 8.31. The number of hydrogen-bond acceptors (Lipinski definition) is 4. The number of imidazole rings is 1. The van der Waals surface area contributed by atoms with Crippen molar-refractivity contribution in [2.45, 2.75) is 52.2 Å². The first-order valence-electron chi connectivity index (χ1n) is 7.38. The van der Waals surface area contributed by atoms with Gasteiger partial charge in [0.25, 0.3) is 0 Å². The molecular formula is C14H22N6. The van der Waals surface area contributed by atoms with Crippen LogP contribution < -0.4 is 5.32 Å². The summed E-state index contributed by atoms with van der Waals surface area (Å²) in [5.74, 6) is 1.68. The summed E-state index contributed by atoms with van der Waals surface area (Å²) in [5.41, 5.74) is 2.66. The lowest BCUT2D eigenvalue weighted by atomic mass is 10.1. The van der Waals surface area contributed by atoms with Gasteiger partial charge in [0.05, 0.1) is 11.9 Å². The number of nitrogens with one attached hydrogen (secondary N) is 1. The van der Waals surface area contributed by atoms with Gasteiger partial charge in [0.1, 0.15) is 5.82 Å². The second kappa shape index (κ2) is 5.75. The lowest BCUT2D eigenvalue weighted by Gasteiger charge is -2.17. The number of nitrogens with zero attached hydrogens (tertiary/aromatic N) is 5. The second-order valence-corrected chi connectivity index (χ2v) is 5.62. The van der Waals surface area contributed by atoms with Crippen molar-refractivity contribution in [3.8, 4) is 0 Å². The highest BCUT2D eigenvalue weighted by atomic mass is 15.4. The molecule has 0 unspecified atom stereocenters. The van der Waals surface area contributed by atoms with Crippen LogP contribution in [0.3, 0.4) is 0 Å². The number of rotatable bonds is 5. The van der Waals surface area contributed by atoms with Gasteiger partial charge in [-0.05, 0) is 6.42 Å². The largest absolute Gasteiger partial charge is 0.331 e. The Hall–Kier alpha value is -1.69. The van der Waals surface area contributed by atoms with Crippen molar-refractivity contribution in [1.29, 1.82) is 0 Å². The molecule has 6 nitrogen and oxygen atoms in total. The van der Waals surface area contributed by atoms with Gasteiger partial charge in [-0.1, -0.05) is 19.1 Å². The van der Waals surface area contributed by atoms with Gasteiger partial charge in [0, 0.05) is 50.4 Å². The molecule has 6 heteroatoms. The predicted octanol–water partition coefficient (Wildman–Crippen LogP) is 1.33. The Morgan fingerprint density at radius 2 is 2.25 bits per heavy atom. The first kappa shape index (κ1) is 13.3. The average molecular weight is 274 g/mol. The highest BCUT2D eigenvalue weighted by Crippen LogP contribution is 2.22. The van der Waals surface area contributed by atoms with Crippen molar-refractivity contribution in [3.63, 3.8) is 0 Å². The minimum atomic E-state index is 0.465. The molecule has 0 amide bonds. The van der Waals surface area contributed by atoms with Crippen molar-refractivity contribution < 1.29 is 0 Å². The maximum atomic E-state index is 4.83. The molecule has 1 aliphatic heterocycles. The number of aromatic nitrogens is 5. The third-order valence-corrected chi connectivity index (χ3v) is 3.77. The van der Waals surface area contributed by atoms with E-state index in [1.54, 1.807) is 6.20 Å². The average Bonchev–Trinajstić information content (AvgIpc) is 3.07. The second-order valence-electron chi connectivity index (χ2n) is 5.62. The molecule has 108 valence electrons. The summed E-state index contributed by atoms with van der Waals surface area (Å²) in [6, 6.07) is 0. The molecule has 0 radical (unpaired) electrons. The fourth-order valence-corrected chi connectivity index (χ4v) is 2.82. The minimum Gasteiger partial charge on any atom is -0.331 e. The van der Waals surface area contributed by atoms with E-state index in [1.165, 1.54) is 17.2 Å². The van der Waals surface area contributed by atoms with E-state index in [9.17, 15) is 0 Å². The predicted molar refractivity (Wildman–Crippen MR) is 76.4 cm³/mol. The summed E-state index contributed by atoms with van der Waals surface area (Å²) in [7, 11) is 0. The zero-order chi connectivity index (χ0) is 13.9. The van der Waals surface area contributed by atoms with Gasteiger partial charge in [-0.25, -0.2) is 4.98 Å². The van der Waals surface area contributed by atoms with E-state index in [4.69, 9.17) is 4.98 Å². The van der Waals surface area contributed by atoms with E-state index in [0.717, 1.165) is 39.0 Å². The van der Waals surface area contributed by atoms with Gasteiger partial charge in [-0.2, -0.15) is 0 Å². The van der Waals surface area contributed by atoms with Crippen molar-refractivity contribution in [2.24, 2.45) is 0 Å². The Bertz CT molecular complexity index is 554. The molecule has 0 spiro atoms. The molecule has 0 saturated carbocycles. The van der Waals surface area contributed by atoms with Crippen molar-refractivity contribution >= 4 is 0 Å². The first-order valence-corrected chi connectivity index (χ1v) is 7.38. The van der Waals surface area contributed by atoms with Crippen LogP contribution in [0.1, 0.15) is 43.4 Å². The molecule has 1 aliphatic rings. The van der Waals surface area contributed by atoms with E-state index in [1.807, 2.05) is 10.9 Å². The lowest BCUT2D eigenvalue weighted by molar-refractivity contribution is 0.488. The molecule has 20 heavy (non-hydrogen) atoms. The summed E-state index contributed by atoms with van der Waals surface area (Å²) in [4.78, 5) is 4.83. The molecule has 3 heterocycles. The molecule has 2 aromatic rings. The fourth-order valence-electron chi connectivity index (χ4n) is 2.82. The van der Waals surface area contributed by atoms with Gasteiger partial charge in [0.15, 0.2) is 0 Å². The molecule has 3 rings (SSSR count). The van der Waals surface area contributed by atoms with Crippen LogP contribution in [0, 0.1) is 0 Å². The maximum absolute atomic E-state index is 4.83. The molecule has 1 N–H and O–H groups in total. The molecule has 0 aromatic carbocycles. The summed E-state index contributed by atoms with van der Waals surface area (Å²) in [6.07, 6.45) is 5.78. The molecule has 0 fully saturated rings. The minimum absolute atomic E-state index is 0.465. The van der Waals surface area contributed by atoms with Crippen molar-refractivity contribution in [3.05, 3.63) is 29.6 Å². The van der Waals surface area contributed by atoms with E-state index in [0.29, 0.717) is 5.92 Å². The Balaban J connectivity index is 1.75. The third-order valence-electron chi connectivity index (χ3n) is 3.77. The van der Waals surface area contributed by atoms with Crippen LogP contribution in [0.4, 0.5) is 0 Å². The van der Waals surface area contributed by atoms with Crippen molar-refractivity contribution in [1.82, 2.24) is 29.9 Å². The van der Waals surface area contributed by atoms with Crippen LogP contribution in [0.5, 0.6) is 0 Å². The SMILES string of the molecule is CC(C)c1nc2c(n1CCCn1ccnn1)CCNC2. The Morgan fingerprint density at radius 1 is 1.35 bits per heavy atom. The number of fused-ring (bicyclic) bond motifs is 1. The molecular weight excluding hydrogens is 252 g/mol. The normalized spacial score (nSPS) is 14.8. The standard InChI is InChI=1S/C14H22N6/c1-11(2)14-17-12-10-15-5-4-13(12)20(14)8-3-7-19-9-6-16-18-19/h6,9,11,15H,3-5,7-8,10H2,1-2H3. The summed E-state index contributed by atoms with van der Waals surface area (Å²) < 4.78 is 4.32. The smallest absolute Gasteiger partial charge is 0.111 e. The molecule has 0 bridgehead atoms. The molecule has 0 saturated heterocycles. The van der Waals surface area contributed by atoms with Gasteiger partial charge < -0.3 is 9.88 Å². The maximum Gasteiger partial charge on any atom is 0.111 e. The van der Waals surface area contributed by atoms with Crippen LogP contribution >= 0.6 is 0 Å².